The van der Waals surface area contributed by atoms with Gasteiger partial charge < -0.3 is 10.0 Å². The molecule has 0 bridgehead atoms. The molecule has 0 radical (unpaired) electrons. The van der Waals surface area contributed by atoms with Crippen LogP contribution in [-0.4, -0.2) is 60.1 Å². The van der Waals surface area contributed by atoms with E-state index in [2.05, 4.69) is 29.2 Å². The van der Waals surface area contributed by atoms with Crippen molar-refractivity contribution in [1.82, 2.24) is 9.80 Å². The standard InChI is InChI=1S/C15H22N2O2/c1-16(12-15(18)19)14-8-10-17(11-14)9-7-13-5-3-2-4-6-13/h2-6,14H,7-12H2,1H3,(H,18,19). The Balaban J connectivity index is 1.74. The average molecular weight is 262 g/mol. The SMILES string of the molecule is CN(CC(=O)O)C1CCN(CCc2ccccc2)C1. The molecule has 1 N–H and O–H groups in total. The zero-order valence-corrected chi connectivity index (χ0v) is 11.5. The van der Waals surface area contributed by atoms with E-state index in [1.807, 2.05) is 18.0 Å². The van der Waals surface area contributed by atoms with Gasteiger partial charge in [-0.3, -0.25) is 9.69 Å². The number of carboxylic acids is 1. The number of nitrogens with zero attached hydrogens (tertiary/aromatic N) is 2. The van der Waals surface area contributed by atoms with Crippen LogP contribution in [0.4, 0.5) is 0 Å². The van der Waals surface area contributed by atoms with Gasteiger partial charge in [-0.25, -0.2) is 0 Å². The number of aliphatic carboxylic acids is 1. The van der Waals surface area contributed by atoms with Crippen molar-refractivity contribution in [2.24, 2.45) is 0 Å². The Bertz CT molecular complexity index is 408. The Morgan fingerprint density at radius 1 is 1.42 bits per heavy atom. The predicted octanol–water partition coefficient (Wildman–Crippen LogP) is 1.32. The van der Waals surface area contributed by atoms with Crippen LogP contribution in [0.5, 0.6) is 0 Å². The number of likely N-dealkylation sites (tertiary alicyclic amines) is 1. The zero-order valence-electron chi connectivity index (χ0n) is 11.5. The van der Waals surface area contributed by atoms with Gasteiger partial charge in [0.15, 0.2) is 0 Å². The van der Waals surface area contributed by atoms with Crippen molar-refractivity contribution in [2.75, 3.05) is 33.2 Å². The summed E-state index contributed by atoms with van der Waals surface area (Å²) < 4.78 is 0. The molecule has 104 valence electrons. The molecule has 2 rings (SSSR count). The highest BCUT2D eigenvalue weighted by molar-refractivity contribution is 5.69. The monoisotopic (exact) mass is 262 g/mol. The molecule has 1 aliphatic rings. The molecule has 0 spiro atoms. The lowest BCUT2D eigenvalue weighted by Crippen LogP contribution is -2.38. The molecular weight excluding hydrogens is 240 g/mol. The molecule has 1 aromatic rings. The third-order valence-electron chi connectivity index (χ3n) is 3.82. The highest BCUT2D eigenvalue weighted by atomic mass is 16.4. The Kier molecular flexibility index (Phi) is 4.93. The van der Waals surface area contributed by atoms with Gasteiger partial charge in [-0.05, 0) is 32.0 Å². The second-order valence-electron chi connectivity index (χ2n) is 5.29. The number of benzene rings is 1. The Hall–Kier alpha value is -1.39. The molecule has 4 nitrogen and oxygen atoms in total. The lowest BCUT2D eigenvalue weighted by Gasteiger charge is -2.22. The fourth-order valence-electron chi connectivity index (χ4n) is 2.65. The van der Waals surface area contributed by atoms with Crippen LogP contribution in [0.15, 0.2) is 30.3 Å². The number of likely N-dealkylation sites (N-methyl/N-ethyl adjacent to an activating group) is 1. The summed E-state index contributed by atoms with van der Waals surface area (Å²) in [6.07, 6.45) is 2.13. The van der Waals surface area contributed by atoms with Crippen molar-refractivity contribution in [1.29, 1.82) is 0 Å². The molecule has 1 fully saturated rings. The van der Waals surface area contributed by atoms with Crippen molar-refractivity contribution in [3.05, 3.63) is 35.9 Å². The molecule has 4 heteroatoms. The second kappa shape index (κ2) is 6.68. The van der Waals surface area contributed by atoms with Gasteiger partial charge in [0.2, 0.25) is 0 Å². The van der Waals surface area contributed by atoms with Crippen molar-refractivity contribution in [2.45, 2.75) is 18.9 Å². The lowest BCUT2D eigenvalue weighted by atomic mass is 10.1. The summed E-state index contributed by atoms with van der Waals surface area (Å²) in [5.74, 6) is -0.745. The summed E-state index contributed by atoms with van der Waals surface area (Å²) in [5.41, 5.74) is 1.37. The summed E-state index contributed by atoms with van der Waals surface area (Å²) in [6, 6.07) is 10.9. The molecule has 1 aliphatic heterocycles. The van der Waals surface area contributed by atoms with E-state index in [1.54, 1.807) is 0 Å². The largest absolute Gasteiger partial charge is 0.480 e. The molecule has 0 saturated carbocycles. The fraction of sp³-hybridized carbons (Fsp3) is 0.533. The molecule has 0 amide bonds. The molecule has 19 heavy (non-hydrogen) atoms. The summed E-state index contributed by atoms with van der Waals surface area (Å²) in [7, 11) is 1.90. The molecule has 1 saturated heterocycles. The van der Waals surface area contributed by atoms with E-state index in [1.165, 1.54) is 5.56 Å². The van der Waals surface area contributed by atoms with Gasteiger partial charge in [0, 0.05) is 19.1 Å². The quantitative estimate of drug-likeness (QED) is 0.840. The highest BCUT2D eigenvalue weighted by Gasteiger charge is 2.26. The van der Waals surface area contributed by atoms with Gasteiger partial charge in [-0.1, -0.05) is 30.3 Å². The topological polar surface area (TPSA) is 43.8 Å². The number of rotatable bonds is 6. The van der Waals surface area contributed by atoms with Crippen LogP contribution < -0.4 is 0 Å². The van der Waals surface area contributed by atoms with E-state index < -0.39 is 5.97 Å². The van der Waals surface area contributed by atoms with E-state index in [4.69, 9.17) is 5.11 Å². The first-order valence-electron chi connectivity index (χ1n) is 6.83. The van der Waals surface area contributed by atoms with E-state index in [-0.39, 0.29) is 6.54 Å². The number of hydrogen-bond acceptors (Lipinski definition) is 3. The van der Waals surface area contributed by atoms with E-state index in [0.717, 1.165) is 32.5 Å². The van der Waals surface area contributed by atoms with Crippen LogP contribution in [0, 0.1) is 0 Å². The van der Waals surface area contributed by atoms with Gasteiger partial charge in [-0.15, -0.1) is 0 Å². The lowest BCUT2D eigenvalue weighted by molar-refractivity contribution is -0.138. The normalized spacial score (nSPS) is 20.0. The van der Waals surface area contributed by atoms with E-state index in [9.17, 15) is 4.79 Å². The first kappa shape index (κ1) is 14.0. The maximum Gasteiger partial charge on any atom is 0.317 e. The Morgan fingerprint density at radius 3 is 2.84 bits per heavy atom. The molecule has 1 unspecified atom stereocenters. The summed E-state index contributed by atoms with van der Waals surface area (Å²) in [4.78, 5) is 15.1. The van der Waals surface area contributed by atoms with E-state index >= 15 is 0 Å². The van der Waals surface area contributed by atoms with Crippen LogP contribution in [0.1, 0.15) is 12.0 Å². The third-order valence-corrected chi connectivity index (χ3v) is 3.82. The van der Waals surface area contributed by atoms with Crippen LogP contribution in [0.25, 0.3) is 0 Å². The number of carbonyl (C=O) groups is 1. The van der Waals surface area contributed by atoms with Crippen molar-refractivity contribution in [3.63, 3.8) is 0 Å². The zero-order chi connectivity index (χ0) is 13.7. The maximum atomic E-state index is 10.7. The fourth-order valence-corrected chi connectivity index (χ4v) is 2.65. The summed E-state index contributed by atoms with van der Waals surface area (Å²) in [6.45, 7) is 3.25. The summed E-state index contributed by atoms with van der Waals surface area (Å²) >= 11 is 0. The first-order valence-corrected chi connectivity index (χ1v) is 6.83. The molecule has 1 heterocycles. The Morgan fingerprint density at radius 2 is 2.16 bits per heavy atom. The molecular formula is C15H22N2O2. The van der Waals surface area contributed by atoms with Crippen molar-refractivity contribution >= 4 is 5.97 Å². The average Bonchev–Trinajstić information content (AvgIpc) is 2.86. The van der Waals surface area contributed by atoms with Gasteiger partial charge >= 0.3 is 5.97 Å². The minimum absolute atomic E-state index is 0.136. The van der Waals surface area contributed by atoms with E-state index in [0.29, 0.717) is 6.04 Å². The molecule has 0 aliphatic carbocycles. The van der Waals surface area contributed by atoms with Crippen LogP contribution in [0.2, 0.25) is 0 Å². The third kappa shape index (κ3) is 4.33. The smallest absolute Gasteiger partial charge is 0.317 e. The second-order valence-corrected chi connectivity index (χ2v) is 5.29. The van der Waals surface area contributed by atoms with Crippen molar-refractivity contribution in [3.8, 4) is 0 Å². The molecule has 1 atom stereocenters. The molecule has 1 aromatic carbocycles. The highest BCUT2D eigenvalue weighted by Crippen LogP contribution is 2.14. The minimum atomic E-state index is -0.745. The van der Waals surface area contributed by atoms with Crippen LogP contribution in [-0.2, 0) is 11.2 Å². The Labute approximate surface area is 114 Å². The first-order chi connectivity index (χ1) is 9.15. The predicted molar refractivity (Wildman–Crippen MR) is 75.3 cm³/mol. The number of hydrogen-bond donors (Lipinski definition) is 1. The van der Waals surface area contributed by atoms with Crippen LogP contribution >= 0.6 is 0 Å². The van der Waals surface area contributed by atoms with Gasteiger partial charge in [-0.2, -0.15) is 0 Å². The van der Waals surface area contributed by atoms with Gasteiger partial charge in [0.05, 0.1) is 6.54 Å². The minimum Gasteiger partial charge on any atom is -0.480 e. The van der Waals surface area contributed by atoms with Crippen LogP contribution in [0.3, 0.4) is 0 Å². The van der Waals surface area contributed by atoms with Crippen molar-refractivity contribution < 1.29 is 9.90 Å². The summed E-state index contributed by atoms with van der Waals surface area (Å²) in [5, 5.41) is 8.81. The maximum absolute atomic E-state index is 10.7. The van der Waals surface area contributed by atoms with Gasteiger partial charge in [0.1, 0.15) is 0 Å². The molecule has 0 aromatic heterocycles. The van der Waals surface area contributed by atoms with Gasteiger partial charge in [0.25, 0.3) is 0 Å². The number of carboxylic acid groups (broad SMARTS) is 1.